The first-order valence-electron chi connectivity index (χ1n) is 7.97. The largest absolute Gasteiger partial charge is 0.386 e. The van der Waals surface area contributed by atoms with Crippen LogP contribution in [0.5, 0.6) is 0 Å². The highest BCUT2D eigenvalue weighted by Gasteiger charge is 2.31. The average Bonchev–Trinajstić information content (AvgIpc) is 3.02. The lowest BCUT2D eigenvalue weighted by molar-refractivity contribution is -0.129. The average molecular weight is 405 g/mol. The third-order valence-electron chi connectivity index (χ3n) is 4.49. The molecule has 0 bridgehead atoms. The summed E-state index contributed by atoms with van der Waals surface area (Å²) < 4.78 is 14.2. The highest BCUT2D eigenvalue weighted by atomic mass is 79.9. The first kappa shape index (κ1) is 17.8. The Kier molecular flexibility index (Phi) is 5.30. The summed E-state index contributed by atoms with van der Waals surface area (Å²) in [5, 5.41) is 10.5. The first-order chi connectivity index (χ1) is 12.0. The predicted molar refractivity (Wildman–Crippen MR) is 96.4 cm³/mol. The molecule has 0 saturated heterocycles. The van der Waals surface area contributed by atoms with Crippen LogP contribution in [0.4, 0.5) is 4.39 Å². The number of benzene rings is 1. The van der Waals surface area contributed by atoms with Crippen molar-refractivity contribution in [1.82, 2.24) is 9.88 Å². The fraction of sp³-hybridized carbons (Fsp3) is 0.263. The predicted octanol–water partition coefficient (Wildman–Crippen LogP) is 3.20. The molecule has 0 saturated carbocycles. The van der Waals surface area contributed by atoms with E-state index in [1.165, 1.54) is 12.1 Å². The maximum Gasteiger partial charge on any atom is 0.246 e. The molecule has 0 radical (unpaired) electrons. The van der Waals surface area contributed by atoms with Gasteiger partial charge in [-0.2, -0.15) is 0 Å². The number of fused-ring (bicyclic) bond motifs is 1. The Bertz CT molecular complexity index is 767. The van der Waals surface area contributed by atoms with Crippen LogP contribution in [0.15, 0.2) is 53.8 Å². The van der Waals surface area contributed by atoms with Crippen molar-refractivity contribution in [2.24, 2.45) is 0 Å². The van der Waals surface area contributed by atoms with Gasteiger partial charge in [0.25, 0.3) is 0 Å². The van der Waals surface area contributed by atoms with Crippen LogP contribution >= 0.6 is 15.9 Å². The van der Waals surface area contributed by atoms with Crippen molar-refractivity contribution in [3.63, 3.8) is 0 Å². The highest BCUT2D eigenvalue weighted by Crippen LogP contribution is 2.31. The van der Waals surface area contributed by atoms with Crippen LogP contribution in [0.3, 0.4) is 0 Å². The van der Waals surface area contributed by atoms with Crippen molar-refractivity contribution in [2.75, 3.05) is 6.54 Å². The maximum atomic E-state index is 13.8. The van der Waals surface area contributed by atoms with Gasteiger partial charge in [0.1, 0.15) is 5.82 Å². The van der Waals surface area contributed by atoms with Gasteiger partial charge >= 0.3 is 0 Å². The number of aliphatic hydroxyl groups is 1. The molecule has 1 aliphatic rings. The lowest BCUT2D eigenvalue weighted by Gasteiger charge is -2.30. The number of carbonyl (C=O) groups is 1. The van der Waals surface area contributed by atoms with E-state index in [0.29, 0.717) is 22.9 Å². The second-order valence-electron chi connectivity index (χ2n) is 6.09. The number of carbonyl (C=O) groups excluding carboxylic acids is 1. The minimum absolute atomic E-state index is 0.138. The van der Waals surface area contributed by atoms with Crippen molar-refractivity contribution in [2.45, 2.75) is 25.0 Å². The molecule has 0 spiro atoms. The van der Waals surface area contributed by atoms with Crippen LogP contribution in [0, 0.1) is 5.82 Å². The van der Waals surface area contributed by atoms with Crippen LogP contribution in [-0.4, -0.2) is 33.5 Å². The summed E-state index contributed by atoms with van der Waals surface area (Å²) in [4.78, 5) is 18.0. The van der Waals surface area contributed by atoms with Crippen LogP contribution in [0.1, 0.15) is 22.8 Å². The van der Waals surface area contributed by atoms with E-state index in [2.05, 4.69) is 27.5 Å². The van der Waals surface area contributed by atoms with Crippen molar-refractivity contribution < 1.29 is 14.3 Å². The molecule has 2 aromatic rings. The topological polar surface area (TPSA) is 53.4 Å². The van der Waals surface area contributed by atoms with E-state index in [-0.39, 0.29) is 24.3 Å². The molecule has 1 heterocycles. The molecule has 1 aromatic heterocycles. The molecule has 0 aliphatic heterocycles. The fourth-order valence-corrected chi connectivity index (χ4v) is 3.60. The van der Waals surface area contributed by atoms with Gasteiger partial charge in [-0.05, 0) is 64.2 Å². The Morgan fingerprint density at radius 3 is 2.84 bits per heavy atom. The number of pyridine rings is 1. The summed E-state index contributed by atoms with van der Waals surface area (Å²) in [7, 11) is 0. The lowest BCUT2D eigenvalue weighted by Crippen LogP contribution is -2.42. The van der Waals surface area contributed by atoms with Gasteiger partial charge in [0.2, 0.25) is 5.91 Å². The number of hydrogen-bond acceptors (Lipinski definition) is 3. The number of aliphatic hydroxyl groups excluding tert-OH is 1. The van der Waals surface area contributed by atoms with E-state index in [1.807, 2.05) is 0 Å². The van der Waals surface area contributed by atoms with Crippen LogP contribution in [0.2, 0.25) is 0 Å². The first-order valence-corrected chi connectivity index (χ1v) is 8.76. The summed E-state index contributed by atoms with van der Waals surface area (Å²) >= 11 is 3.20. The van der Waals surface area contributed by atoms with Crippen molar-refractivity contribution >= 4 is 21.8 Å². The molecule has 6 heteroatoms. The highest BCUT2D eigenvalue weighted by molar-refractivity contribution is 9.10. The quantitative estimate of drug-likeness (QED) is 0.778. The van der Waals surface area contributed by atoms with Gasteiger partial charge in [0.15, 0.2) is 0 Å². The molecule has 2 atom stereocenters. The van der Waals surface area contributed by atoms with Crippen LogP contribution in [-0.2, 0) is 17.6 Å². The molecule has 3 rings (SSSR count). The summed E-state index contributed by atoms with van der Waals surface area (Å²) in [5.74, 6) is -0.559. The fourth-order valence-electron chi connectivity index (χ4n) is 3.21. The maximum absolute atomic E-state index is 13.8. The Hall–Kier alpha value is -2.05. The van der Waals surface area contributed by atoms with Crippen molar-refractivity contribution in [3.05, 3.63) is 76.3 Å². The minimum Gasteiger partial charge on any atom is -0.386 e. The molecule has 130 valence electrons. The Labute approximate surface area is 154 Å². The van der Waals surface area contributed by atoms with Gasteiger partial charge < -0.3 is 10.0 Å². The molecular formula is C19H18BrFN2O2. The van der Waals surface area contributed by atoms with E-state index in [0.717, 1.165) is 11.1 Å². The van der Waals surface area contributed by atoms with Crippen LogP contribution < -0.4 is 0 Å². The van der Waals surface area contributed by atoms with Gasteiger partial charge in [0, 0.05) is 24.0 Å². The normalized spacial score (nSPS) is 17.0. The number of nitrogens with zero attached hydrogens (tertiary/aromatic N) is 2. The van der Waals surface area contributed by atoms with Crippen molar-refractivity contribution in [3.8, 4) is 0 Å². The number of hydrogen-bond donors (Lipinski definition) is 1. The van der Waals surface area contributed by atoms with Crippen LogP contribution in [0.25, 0.3) is 0 Å². The second kappa shape index (κ2) is 7.45. The summed E-state index contributed by atoms with van der Waals surface area (Å²) in [6.45, 7) is 3.70. The molecule has 1 amide bonds. The second-order valence-corrected chi connectivity index (χ2v) is 6.95. The van der Waals surface area contributed by atoms with Gasteiger partial charge in [-0.3, -0.25) is 9.78 Å². The zero-order valence-corrected chi connectivity index (χ0v) is 15.1. The number of rotatable bonds is 5. The molecular weight excluding hydrogens is 387 g/mol. The van der Waals surface area contributed by atoms with E-state index >= 15 is 0 Å². The summed E-state index contributed by atoms with van der Waals surface area (Å²) in [5.41, 5.74) is 2.55. The molecule has 1 N–H and O–H groups in total. The minimum atomic E-state index is -0.843. The number of aromatic nitrogens is 1. The Morgan fingerprint density at radius 2 is 2.20 bits per heavy atom. The summed E-state index contributed by atoms with van der Waals surface area (Å²) in [6.07, 6.45) is 4.78. The van der Waals surface area contributed by atoms with E-state index in [9.17, 15) is 14.3 Å². The molecule has 1 aliphatic carbocycles. The van der Waals surface area contributed by atoms with E-state index in [4.69, 9.17) is 0 Å². The van der Waals surface area contributed by atoms with Gasteiger partial charge in [-0.15, -0.1) is 0 Å². The molecule has 1 aromatic carbocycles. The van der Waals surface area contributed by atoms with Gasteiger partial charge in [-0.1, -0.05) is 12.6 Å². The van der Waals surface area contributed by atoms with Gasteiger partial charge in [0.05, 0.1) is 17.1 Å². The zero-order chi connectivity index (χ0) is 18.0. The zero-order valence-electron chi connectivity index (χ0n) is 13.5. The standard InChI is InChI=1S/C19H18BrFN2O2/c1-2-19(25)23(11-18(24)12-4-3-5-22-10-12)15-6-13-8-16(20)17(21)9-14(13)7-15/h2-5,8-10,15,18,24H,1,6-7,11H2/t15?,18-/m1/s1. The Balaban J connectivity index is 1.80. The molecule has 25 heavy (non-hydrogen) atoms. The number of halogens is 2. The lowest BCUT2D eigenvalue weighted by atomic mass is 10.1. The van der Waals surface area contributed by atoms with E-state index in [1.54, 1.807) is 35.5 Å². The Morgan fingerprint density at radius 1 is 1.48 bits per heavy atom. The number of amides is 1. The third kappa shape index (κ3) is 3.80. The molecule has 0 fully saturated rings. The SMILES string of the molecule is C=CC(=O)N(C[C@@H](O)c1cccnc1)C1Cc2cc(F)c(Br)cc2C1. The third-order valence-corrected chi connectivity index (χ3v) is 5.10. The van der Waals surface area contributed by atoms with E-state index < -0.39 is 6.10 Å². The smallest absolute Gasteiger partial charge is 0.246 e. The molecule has 1 unspecified atom stereocenters. The van der Waals surface area contributed by atoms with Gasteiger partial charge in [-0.25, -0.2) is 4.39 Å². The monoisotopic (exact) mass is 404 g/mol. The van der Waals surface area contributed by atoms with Crippen molar-refractivity contribution in [1.29, 1.82) is 0 Å². The molecule has 4 nitrogen and oxygen atoms in total. The summed E-state index contributed by atoms with van der Waals surface area (Å²) in [6, 6.07) is 6.64.